The van der Waals surface area contributed by atoms with Crippen LogP contribution in [0.15, 0.2) is 62.3 Å². The van der Waals surface area contributed by atoms with Gasteiger partial charge in [0.25, 0.3) is 5.69 Å². The number of aliphatic carboxylic acids is 1. The summed E-state index contributed by atoms with van der Waals surface area (Å²) in [6.45, 7) is 3.67. The SMILES string of the molecule is Cc1ccc(Sc2ccc(/C=C(/Sc3n[nH]c(C)n3)C(=O)O)cc2[N+](=O)[O-])cc1. The molecule has 148 valence electrons. The summed E-state index contributed by atoms with van der Waals surface area (Å²) in [4.78, 5) is 28.0. The number of carbonyl (C=O) groups is 1. The van der Waals surface area contributed by atoms with Crippen molar-refractivity contribution in [3.05, 3.63) is 74.4 Å². The second kappa shape index (κ2) is 8.93. The molecule has 0 radical (unpaired) electrons. The van der Waals surface area contributed by atoms with Crippen molar-refractivity contribution in [1.29, 1.82) is 0 Å². The molecule has 10 heteroatoms. The Kier molecular flexibility index (Phi) is 6.35. The number of hydrogen-bond acceptors (Lipinski definition) is 7. The van der Waals surface area contributed by atoms with Gasteiger partial charge in [-0.25, -0.2) is 9.78 Å². The van der Waals surface area contributed by atoms with Crippen molar-refractivity contribution < 1.29 is 14.8 Å². The third-order valence-electron chi connectivity index (χ3n) is 3.71. The van der Waals surface area contributed by atoms with Crippen LogP contribution in [-0.4, -0.2) is 31.2 Å². The van der Waals surface area contributed by atoms with Gasteiger partial charge in [-0.3, -0.25) is 15.2 Å². The van der Waals surface area contributed by atoms with E-state index in [0.29, 0.717) is 16.3 Å². The molecule has 0 unspecified atom stereocenters. The number of nitro benzene ring substituents is 1. The highest BCUT2D eigenvalue weighted by atomic mass is 32.2. The van der Waals surface area contributed by atoms with Gasteiger partial charge in [-0.1, -0.05) is 35.5 Å². The Hall–Kier alpha value is -3.11. The van der Waals surface area contributed by atoms with Crippen LogP contribution < -0.4 is 0 Å². The van der Waals surface area contributed by atoms with E-state index in [1.54, 1.807) is 19.1 Å². The van der Waals surface area contributed by atoms with E-state index in [-0.39, 0.29) is 15.7 Å². The second-order valence-electron chi connectivity index (χ2n) is 6.02. The molecular formula is C19H16N4O4S2. The van der Waals surface area contributed by atoms with E-state index >= 15 is 0 Å². The molecule has 8 nitrogen and oxygen atoms in total. The van der Waals surface area contributed by atoms with Gasteiger partial charge in [0.1, 0.15) is 10.7 Å². The Labute approximate surface area is 174 Å². The highest BCUT2D eigenvalue weighted by Gasteiger charge is 2.18. The summed E-state index contributed by atoms with van der Waals surface area (Å²) < 4.78 is 0. The van der Waals surface area contributed by atoms with E-state index in [4.69, 9.17) is 0 Å². The Morgan fingerprint density at radius 1 is 1.21 bits per heavy atom. The van der Waals surface area contributed by atoms with Crippen molar-refractivity contribution in [2.75, 3.05) is 0 Å². The molecule has 0 amide bonds. The molecule has 0 spiro atoms. The number of nitrogens with one attached hydrogen (secondary N) is 1. The Morgan fingerprint density at radius 2 is 1.93 bits per heavy atom. The van der Waals surface area contributed by atoms with Crippen LogP contribution in [0.5, 0.6) is 0 Å². The van der Waals surface area contributed by atoms with Crippen molar-refractivity contribution in [2.45, 2.75) is 28.8 Å². The molecule has 1 aromatic heterocycles. The molecule has 2 N–H and O–H groups in total. The van der Waals surface area contributed by atoms with Crippen LogP contribution in [0, 0.1) is 24.0 Å². The maximum atomic E-state index is 11.6. The van der Waals surface area contributed by atoms with Crippen LogP contribution in [0.4, 0.5) is 5.69 Å². The Morgan fingerprint density at radius 3 is 2.52 bits per heavy atom. The maximum absolute atomic E-state index is 11.6. The minimum absolute atomic E-state index is 0.0442. The number of benzene rings is 2. The van der Waals surface area contributed by atoms with Gasteiger partial charge in [-0.2, -0.15) is 0 Å². The minimum atomic E-state index is -1.17. The third-order valence-corrected chi connectivity index (χ3v) is 5.67. The molecule has 0 aliphatic rings. The fourth-order valence-corrected chi connectivity index (χ4v) is 3.99. The lowest BCUT2D eigenvalue weighted by Gasteiger charge is -2.05. The number of carboxylic acid groups (broad SMARTS) is 1. The molecule has 0 aliphatic carbocycles. The first-order valence-electron chi connectivity index (χ1n) is 8.36. The van der Waals surface area contributed by atoms with Crippen LogP contribution in [-0.2, 0) is 4.79 Å². The standard InChI is InChI=1S/C19H16N4O4S2/c1-11-3-6-14(7-4-11)28-16-8-5-13(9-15(16)23(26)27)10-17(18(24)25)29-19-20-12(2)21-22-19/h3-10H,1-2H3,(H,24,25)(H,20,21,22)/b17-10+. The van der Waals surface area contributed by atoms with E-state index in [1.807, 2.05) is 31.2 Å². The number of aromatic nitrogens is 3. The molecular weight excluding hydrogens is 412 g/mol. The normalized spacial score (nSPS) is 11.4. The van der Waals surface area contributed by atoms with Gasteiger partial charge in [-0.15, -0.1) is 5.10 Å². The Balaban J connectivity index is 1.91. The van der Waals surface area contributed by atoms with E-state index in [0.717, 1.165) is 22.2 Å². The van der Waals surface area contributed by atoms with Crippen LogP contribution >= 0.6 is 23.5 Å². The molecule has 0 aliphatic heterocycles. The molecule has 29 heavy (non-hydrogen) atoms. The Bertz CT molecular complexity index is 1090. The van der Waals surface area contributed by atoms with Crippen molar-refractivity contribution in [3.63, 3.8) is 0 Å². The number of nitrogens with zero attached hydrogens (tertiary/aromatic N) is 3. The number of hydrogen-bond donors (Lipinski definition) is 2. The van der Waals surface area contributed by atoms with Gasteiger partial charge in [0.2, 0.25) is 5.16 Å². The smallest absolute Gasteiger partial charge is 0.342 e. The molecule has 0 saturated heterocycles. The summed E-state index contributed by atoms with van der Waals surface area (Å²) in [7, 11) is 0. The van der Waals surface area contributed by atoms with Gasteiger partial charge < -0.3 is 5.11 Å². The minimum Gasteiger partial charge on any atom is -0.477 e. The zero-order valence-electron chi connectivity index (χ0n) is 15.4. The summed E-state index contributed by atoms with van der Waals surface area (Å²) in [6, 6.07) is 12.3. The van der Waals surface area contributed by atoms with Gasteiger partial charge in [0.05, 0.1) is 9.82 Å². The third kappa shape index (κ3) is 5.46. The summed E-state index contributed by atoms with van der Waals surface area (Å²) in [6.07, 6.45) is 1.37. The predicted molar refractivity (Wildman–Crippen MR) is 111 cm³/mol. The highest BCUT2D eigenvalue weighted by molar-refractivity contribution is 8.04. The van der Waals surface area contributed by atoms with E-state index < -0.39 is 10.9 Å². The fraction of sp³-hybridized carbons (Fsp3) is 0.105. The second-order valence-corrected chi connectivity index (χ2v) is 8.14. The van der Waals surface area contributed by atoms with Crippen molar-refractivity contribution in [2.24, 2.45) is 0 Å². The quantitative estimate of drug-likeness (QED) is 0.240. The first kappa shape index (κ1) is 20.6. The molecule has 0 bridgehead atoms. The number of rotatable bonds is 7. The molecule has 3 aromatic rings. The lowest BCUT2D eigenvalue weighted by Crippen LogP contribution is -1.98. The van der Waals surface area contributed by atoms with Gasteiger partial charge in [0, 0.05) is 11.0 Å². The van der Waals surface area contributed by atoms with E-state index in [2.05, 4.69) is 15.2 Å². The summed E-state index contributed by atoms with van der Waals surface area (Å²) >= 11 is 2.15. The number of aromatic amines is 1. The number of nitro groups is 1. The summed E-state index contributed by atoms with van der Waals surface area (Å²) in [5, 5.41) is 27.8. The van der Waals surface area contributed by atoms with Crippen molar-refractivity contribution in [3.8, 4) is 0 Å². The topological polar surface area (TPSA) is 122 Å². The van der Waals surface area contributed by atoms with Gasteiger partial charge in [-0.05, 0) is 55.4 Å². The summed E-state index contributed by atoms with van der Waals surface area (Å²) in [5.41, 5.74) is 1.42. The first-order chi connectivity index (χ1) is 13.8. The van der Waals surface area contributed by atoms with Crippen molar-refractivity contribution >= 4 is 41.3 Å². The largest absolute Gasteiger partial charge is 0.477 e. The first-order valence-corrected chi connectivity index (χ1v) is 10.00. The number of thioether (sulfide) groups is 1. The van der Waals surface area contributed by atoms with Crippen molar-refractivity contribution in [1.82, 2.24) is 15.2 Å². The summed E-state index contributed by atoms with van der Waals surface area (Å²) in [5.74, 6) is -0.608. The van der Waals surface area contributed by atoms with Crippen LogP contribution in [0.1, 0.15) is 17.0 Å². The molecule has 0 saturated carbocycles. The number of carboxylic acids is 1. The van der Waals surface area contributed by atoms with E-state index in [1.165, 1.54) is 23.9 Å². The average molecular weight is 428 g/mol. The monoisotopic (exact) mass is 428 g/mol. The number of H-pyrrole nitrogens is 1. The highest BCUT2D eigenvalue weighted by Crippen LogP contribution is 2.36. The van der Waals surface area contributed by atoms with Crippen LogP contribution in [0.3, 0.4) is 0 Å². The maximum Gasteiger partial charge on any atom is 0.342 e. The molecule has 0 fully saturated rings. The molecule has 1 heterocycles. The molecule has 0 atom stereocenters. The molecule has 2 aromatic carbocycles. The number of aryl methyl sites for hydroxylation is 2. The van der Waals surface area contributed by atoms with Crippen LogP contribution in [0.2, 0.25) is 0 Å². The fourth-order valence-electron chi connectivity index (χ4n) is 2.34. The van der Waals surface area contributed by atoms with Gasteiger partial charge in [0.15, 0.2) is 0 Å². The average Bonchev–Trinajstić information content (AvgIpc) is 3.08. The van der Waals surface area contributed by atoms with Crippen LogP contribution in [0.25, 0.3) is 6.08 Å². The zero-order chi connectivity index (χ0) is 21.0. The zero-order valence-corrected chi connectivity index (χ0v) is 17.1. The molecule has 3 rings (SSSR count). The predicted octanol–water partition coefficient (Wildman–Crippen LogP) is 4.70. The van der Waals surface area contributed by atoms with Gasteiger partial charge >= 0.3 is 5.97 Å². The lowest BCUT2D eigenvalue weighted by molar-refractivity contribution is -0.387. The van der Waals surface area contributed by atoms with E-state index in [9.17, 15) is 20.0 Å². The lowest BCUT2D eigenvalue weighted by atomic mass is 10.2.